The van der Waals surface area contributed by atoms with E-state index >= 15 is 0 Å². The molecular weight excluding hydrogens is 283 g/mol. The Morgan fingerprint density at radius 1 is 1.29 bits per heavy atom. The van der Waals surface area contributed by atoms with Gasteiger partial charge in [0.1, 0.15) is 0 Å². The highest BCUT2D eigenvalue weighted by Gasteiger charge is 2.33. The molecule has 21 heavy (non-hydrogen) atoms. The largest absolute Gasteiger partial charge is 0.401 e. The van der Waals surface area contributed by atoms with E-state index in [4.69, 9.17) is 5.73 Å². The number of rotatable bonds is 5. The summed E-state index contributed by atoms with van der Waals surface area (Å²) in [4.78, 5) is 12.9. The molecule has 0 aromatic heterocycles. The van der Waals surface area contributed by atoms with Crippen LogP contribution >= 0.6 is 0 Å². The van der Waals surface area contributed by atoms with Crippen molar-refractivity contribution in [2.24, 2.45) is 17.1 Å². The number of amides is 1. The summed E-state index contributed by atoms with van der Waals surface area (Å²) in [5, 5.41) is 2.56. The molecular formula is C14H26F3N3O. The van der Waals surface area contributed by atoms with Crippen molar-refractivity contribution in [1.82, 2.24) is 10.2 Å². The molecule has 7 heteroatoms. The Morgan fingerprint density at radius 2 is 1.90 bits per heavy atom. The van der Waals surface area contributed by atoms with E-state index in [-0.39, 0.29) is 23.9 Å². The van der Waals surface area contributed by atoms with E-state index in [0.717, 1.165) is 6.42 Å². The number of alkyl halides is 3. The minimum Gasteiger partial charge on any atom is -0.369 e. The molecule has 1 saturated heterocycles. The molecule has 1 rings (SSSR count). The third kappa shape index (κ3) is 8.26. The Bertz CT molecular complexity index is 352. The lowest BCUT2D eigenvalue weighted by molar-refractivity contribution is -0.128. The minimum atomic E-state index is -4.22. The van der Waals surface area contributed by atoms with Gasteiger partial charge in [0.2, 0.25) is 5.91 Å². The summed E-state index contributed by atoms with van der Waals surface area (Å²) in [5.41, 5.74) is 5.31. The van der Waals surface area contributed by atoms with Gasteiger partial charge in [0.15, 0.2) is 0 Å². The van der Waals surface area contributed by atoms with Gasteiger partial charge in [-0.25, -0.2) is 0 Å². The molecule has 1 aliphatic heterocycles. The fourth-order valence-corrected chi connectivity index (χ4v) is 3.07. The smallest absolute Gasteiger partial charge is 0.369 e. The summed E-state index contributed by atoms with van der Waals surface area (Å²) in [6.07, 6.45) is -2.61. The molecule has 2 atom stereocenters. The van der Waals surface area contributed by atoms with Crippen molar-refractivity contribution in [3.05, 3.63) is 0 Å². The molecule has 1 amide bonds. The van der Waals surface area contributed by atoms with E-state index in [1.54, 1.807) is 0 Å². The first-order valence-corrected chi connectivity index (χ1v) is 7.25. The zero-order valence-corrected chi connectivity index (χ0v) is 13.0. The Morgan fingerprint density at radius 3 is 2.38 bits per heavy atom. The summed E-state index contributed by atoms with van der Waals surface area (Å²) in [7, 11) is 0. The van der Waals surface area contributed by atoms with Crippen molar-refractivity contribution >= 4 is 5.91 Å². The van der Waals surface area contributed by atoms with Crippen LogP contribution in [0.5, 0.6) is 0 Å². The first-order valence-electron chi connectivity index (χ1n) is 7.25. The zero-order valence-electron chi connectivity index (χ0n) is 13.0. The topological polar surface area (TPSA) is 58.4 Å². The van der Waals surface area contributed by atoms with Crippen LogP contribution in [0.2, 0.25) is 0 Å². The number of nitrogens with one attached hydrogen (secondary N) is 1. The average Bonchev–Trinajstić information content (AvgIpc) is 2.21. The van der Waals surface area contributed by atoms with E-state index in [9.17, 15) is 18.0 Å². The number of hydrogen-bond acceptors (Lipinski definition) is 3. The molecule has 1 heterocycles. The highest BCUT2D eigenvalue weighted by atomic mass is 19.4. The maximum atomic E-state index is 12.3. The maximum absolute atomic E-state index is 12.3. The van der Waals surface area contributed by atoms with Crippen LogP contribution in [0, 0.1) is 11.3 Å². The maximum Gasteiger partial charge on any atom is 0.401 e. The lowest BCUT2D eigenvalue weighted by Gasteiger charge is -2.40. The number of carbonyl (C=O) groups is 1. The Balaban J connectivity index is 2.63. The van der Waals surface area contributed by atoms with Gasteiger partial charge in [0.05, 0.1) is 13.1 Å². The number of primary amides is 1. The van der Waals surface area contributed by atoms with E-state index in [1.165, 1.54) is 0 Å². The van der Waals surface area contributed by atoms with Gasteiger partial charge in [0, 0.05) is 19.1 Å². The Labute approximate surface area is 124 Å². The summed E-state index contributed by atoms with van der Waals surface area (Å²) in [5.74, 6) is -0.176. The van der Waals surface area contributed by atoms with Crippen molar-refractivity contribution in [1.29, 1.82) is 0 Å². The normalized spacial score (nSPS) is 25.0. The van der Waals surface area contributed by atoms with Gasteiger partial charge in [-0.2, -0.15) is 13.2 Å². The van der Waals surface area contributed by atoms with Crippen molar-refractivity contribution in [2.75, 3.05) is 26.2 Å². The highest BCUT2D eigenvalue weighted by molar-refractivity contribution is 5.75. The van der Waals surface area contributed by atoms with E-state index in [1.807, 2.05) is 4.90 Å². The molecule has 1 fully saturated rings. The van der Waals surface area contributed by atoms with Gasteiger partial charge >= 0.3 is 6.18 Å². The molecule has 1 aliphatic rings. The van der Waals surface area contributed by atoms with Crippen LogP contribution in [0.4, 0.5) is 13.2 Å². The SMILES string of the molecule is CC(C)(C)CC1CC(NCC(F)(F)F)CN(CC(N)=O)C1. The van der Waals surface area contributed by atoms with Crippen LogP contribution in [0.3, 0.4) is 0 Å². The molecule has 0 saturated carbocycles. The first kappa shape index (κ1) is 18.2. The summed E-state index contributed by atoms with van der Waals surface area (Å²) >= 11 is 0. The van der Waals surface area contributed by atoms with E-state index in [0.29, 0.717) is 19.5 Å². The summed E-state index contributed by atoms with van der Waals surface area (Å²) in [6.45, 7) is 6.58. The third-order valence-corrected chi connectivity index (χ3v) is 3.48. The quantitative estimate of drug-likeness (QED) is 0.813. The summed E-state index contributed by atoms with van der Waals surface area (Å²) in [6, 6.07) is -0.257. The predicted octanol–water partition coefficient (Wildman–Crippen LogP) is 1.75. The van der Waals surface area contributed by atoms with Crippen LogP contribution in [-0.2, 0) is 4.79 Å². The molecule has 2 unspecified atom stereocenters. The van der Waals surface area contributed by atoms with Crippen LogP contribution < -0.4 is 11.1 Å². The lowest BCUT2D eigenvalue weighted by atomic mass is 9.80. The van der Waals surface area contributed by atoms with Gasteiger partial charge in [-0.3, -0.25) is 9.69 Å². The second-order valence-corrected chi connectivity index (χ2v) is 7.22. The predicted molar refractivity (Wildman–Crippen MR) is 75.7 cm³/mol. The van der Waals surface area contributed by atoms with Crippen molar-refractivity contribution in [3.8, 4) is 0 Å². The van der Waals surface area contributed by atoms with Crippen LogP contribution in [-0.4, -0.2) is 49.2 Å². The number of likely N-dealkylation sites (tertiary alicyclic amines) is 1. The van der Waals surface area contributed by atoms with Crippen molar-refractivity contribution < 1.29 is 18.0 Å². The van der Waals surface area contributed by atoms with Crippen molar-refractivity contribution in [3.63, 3.8) is 0 Å². The second kappa shape index (κ2) is 6.96. The molecule has 0 bridgehead atoms. The molecule has 4 nitrogen and oxygen atoms in total. The van der Waals surface area contributed by atoms with Crippen molar-refractivity contribution in [2.45, 2.75) is 45.8 Å². The van der Waals surface area contributed by atoms with Crippen LogP contribution in [0.15, 0.2) is 0 Å². The standard InChI is InChI=1S/C14H26F3N3O/c1-13(2,3)5-10-4-11(19-9-14(15,16)17)7-20(6-10)8-12(18)21/h10-11,19H,4-9H2,1-3H3,(H2,18,21). The second-order valence-electron chi connectivity index (χ2n) is 7.22. The lowest BCUT2D eigenvalue weighted by Crippen LogP contribution is -2.53. The third-order valence-electron chi connectivity index (χ3n) is 3.48. The number of halogens is 3. The number of nitrogens with zero attached hydrogens (tertiary/aromatic N) is 1. The summed E-state index contributed by atoms with van der Waals surface area (Å²) < 4.78 is 37.0. The number of carbonyl (C=O) groups excluding carboxylic acids is 1. The highest BCUT2D eigenvalue weighted by Crippen LogP contribution is 2.30. The molecule has 0 radical (unpaired) electrons. The fraction of sp³-hybridized carbons (Fsp3) is 0.929. The minimum absolute atomic E-state index is 0.102. The first-order chi connectivity index (χ1) is 9.44. The van der Waals surface area contributed by atoms with Gasteiger partial charge < -0.3 is 11.1 Å². The zero-order chi connectivity index (χ0) is 16.3. The average molecular weight is 309 g/mol. The molecule has 0 aromatic rings. The fourth-order valence-electron chi connectivity index (χ4n) is 3.07. The molecule has 124 valence electrons. The van der Waals surface area contributed by atoms with Crippen LogP contribution in [0.25, 0.3) is 0 Å². The van der Waals surface area contributed by atoms with Gasteiger partial charge in [0.25, 0.3) is 0 Å². The molecule has 3 N–H and O–H groups in total. The van der Waals surface area contributed by atoms with Gasteiger partial charge in [-0.15, -0.1) is 0 Å². The number of nitrogens with two attached hydrogens (primary N) is 1. The molecule has 0 aromatic carbocycles. The number of piperidine rings is 1. The van der Waals surface area contributed by atoms with Gasteiger partial charge in [-0.1, -0.05) is 20.8 Å². The van der Waals surface area contributed by atoms with E-state index < -0.39 is 18.6 Å². The molecule has 0 aliphatic carbocycles. The monoisotopic (exact) mass is 309 g/mol. The number of hydrogen-bond donors (Lipinski definition) is 2. The Hall–Kier alpha value is -0.820. The Kier molecular flexibility index (Phi) is 6.04. The molecule has 0 spiro atoms. The van der Waals surface area contributed by atoms with Crippen LogP contribution in [0.1, 0.15) is 33.6 Å². The van der Waals surface area contributed by atoms with Gasteiger partial charge in [-0.05, 0) is 24.2 Å². The van der Waals surface area contributed by atoms with E-state index in [2.05, 4.69) is 26.1 Å².